The molecule has 2 aromatic heterocycles. The van der Waals surface area contributed by atoms with Gasteiger partial charge in [0, 0.05) is 61.1 Å². The highest BCUT2D eigenvalue weighted by molar-refractivity contribution is 6.90. The van der Waals surface area contributed by atoms with Crippen LogP contribution in [0.2, 0.25) is 0 Å². The summed E-state index contributed by atoms with van der Waals surface area (Å²) in [6.07, 6.45) is 6.67. The fraction of sp³-hybridized carbons (Fsp3) is 0.129. The smallest absolute Gasteiger partial charge is 0.333 e. The normalized spacial score (nSPS) is 12.6. The van der Waals surface area contributed by atoms with Crippen LogP contribution in [-0.2, 0) is 12.8 Å². The molecule has 0 unspecified atom stereocenters. The van der Waals surface area contributed by atoms with E-state index < -0.39 is 0 Å². The van der Waals surface area contributed by atoms with Gasteiger partial charge in [0.15, 0.2) is 0 Å². The van der Waals surface area contributed by atoms with Crippen molar-refractivity contribution in [1.29, 1.82) is 0 Å². The van der Waals surface area contributed by atoms with Gasteiger partial charge in [0.05, 0.1) is 16.8 Å². The van der Waals surface area contributed by atoms with Crippen molar-refractivity contribution >= 4 is 95.6 Å². The third kappa shape index (κ3) is 6.21. The first kappa shape index (κ1) is 39.6. The molecular formula is C62H50BN3O. The fourth-order valence-electron chi connectivity index (χ4n) is 11.5. The van der Waals surface area contributed by atoms with Crippen LogP contribution in [0.25, 0.3) is 66.0 Å². The van der Waals surface area contributed by atoms with Crippen molar-refractivity contribution < 1.29 is 4.42 Å². The van der Waals surface area contributed by atoms with Gasteiger partial charge in [-0.05, 0) is 138 Å². The summed E-state index contributed by atoms with van der Waals surface area (Å²) in [4.78, 5) is 5.03. The lowest BCUT2D eigenvalue weighted by molar-refractivity contribution is 0.669. The van der Waals surface area contributed by atoms with Gasteiger partial charge in [-0.25, -0.2) is 0 Å². The Kier molecular flexibility index (Phi) is 9.45. The molecule has 13 rings (SSSR count). The van der Waals surface area contributed by atoms with Crippen LogP contribution in [0.5, 0.6) is 0 Å². The molecule has 5 heteroatoms. The first-order valence-corrected chi connectivity index (χ1v) is 24.2. The average Bonchev–Trinajstić information content (AvgIpc) is 3.93. The SMILES string of the molecule is CCCCc1ccc(N2c3cc(N(c4ccccc4)c4ccccc4)ccc3B3c4c(cc5oc6ccccc6c5c42)-c2cc(CCCC)cc4c5ccccc5n3c24)c(-c2ccccc2)c1. The quantitative estimate of drug-likeness (QED) is 0.121. The minimum atomic E-state index is -0.120. The van der Waals surface area contributed by atoms with Gasteiger partial charge in [-0.1, -0.05) is 142 Å². The van der Waals surface area contributed by atoms with E-state index in [1.165, 1.54) is 71.8 Å². The Morgan fingerprint density at radius 2 is 1.15 bits per heavy atom. The summed E-state index contributed by atoms with van der Waals surface area (Å²) in [6.45, 7) is 4.46. The molecule has 0 N–H and O–H groups in total. The van der Waals surface area contributed by atoms with E-state index in [9.17, 15) is 0 Å². The van der Waals surface area contributed by atoms with Crippen LogP contribution >= 0.6 is 0 Å². The maximum Gasteiger partial charge on any atom is 0.333 e. The Balaban J connectivity index is 1.20. The highest BCUT2D eigenvalue weighted by Gasteiger charge is 2.45. The lowest BCUT2D eigenvalue weighted by Gasteiger charge is -2.42. The van der Waals surface area contributed by atoms with Gasteiger partial charge in [0.2, 0.25) is 0 Å². The molecule has 4 heterocycles. The predicted molar refractivity (Wildman–Crippen MR) is 285 cm³/mol. The van der Waals surface area contributed by atoms with Gasteiger partial charge < -0.3 is 18.7 Å². The molecule has 4 nitrogen and oxygen atoms in total. The monoisotopic (exact) mass is 863 g/mol. The van der Waals surface area contributed by atoms with Crippen molar-refractivity contribution in [1.82, 2.24) is 4.48 Å². The molecule has 0 amide bonds. The largest absolute Gasteiger partial charge is 0.456 e. The summed E-state index contributed by atoms with van der Waals surface area (Å²) in [5.41, 5.74) is 21.5. The first-order chi connectivity index (χ1) is 33.2. The van der Waals surface area contributed by atoms with Gasteiger partial charge in [-0.3, -0.25) is 0 Å². The summed E-state index contributed by atoms with van der Waals surface area (Å²) in [5.74, 6) is 0. The second-order valence-electron chi connectivity index (χ2n) is 18.5. The predicted octanol–water partition coefficient (Wildman–Crippen LogP) is 15.9. The minimum absolute atomic E-state index is 0.120. The third-order valence-corrected chi connectivity index (χ3v) is 14.5. The van der Waals surface area contributed by atoms with Gasteiger partial charge in [0.1, 0.15) is 11.2 Å². The fourth-order valence-corrected chi connectivity index (χ4v) is 11.5. The van der Waals surface area contributed by atoms with Crippen LogP contribution in [0.4, 0.5) is 34.1 Å². The lowest BCUT2D eigenvalue weighted by Crippen LogP contribution is -2.56. The molecule has 0 atom stereocenters. The molecule has 0 bridgehead atoms. The number of unbranched alkanes of at least 4 members (excludes halogenated alkanes) is 2. The van der Waals surface area contributed by atoms with E-state index >= 15 is 0 Å². The van der Waals surface area contributed by atoms with Crippen molar-refractivity contribution in [2.24, 2.45) is 0 Å². The van der Waals surface area contributed by atoms with E-state index in [2.05, 4.69) is 222 Å². The zero-order chi connectivity index (χ0) is 44.6. The van der Waals surface area contributed by atoms with Gasteiger partial charge in [-0.15, -0.1) is 0 Å². The number of aromatic nitrogens is 1. The molecule has 2 aliphatic rings. The minimum Gasteiger partial charge on any atom is -0.456 e. The summed E-state index contributed by atoms with van der Waals surface area (Å²) in [7, 11) is 0. The van der Waals surface area contributed by atoms with Gasteiger partial charge in [-0.2, -0.15) is 0 Å². The molecule has 0 radical (unpaired) electrons. The molecule has 0 fully saturated rings. The number of benzene rings is 9. The zero-order valence-corrected chi connectivity index (χ0v) is 38.0. The molecule has 0 aliphatic carbocycles. The Labute approximate surface area is 392 Å². The van der Waals surface area contributed by atoms with Crippen molar-refractivity contribution in [3.8, 4) is 22.3 Å². The standard InChI is InChI=1S/C62H50BN3O/c1-3-5-20-41-32-35-54(49(36-41)43-22-10-7-11-23-43)65-56-39-46(64(44-24-12-8-13-25-44)45-26-14-9-15-27-45)33-34-53(56)63-60-50(40-58-59(62(60)65)48-29-17-19-31-57(48)67-58)52-38-42(21-6-4-2)37-51-47-28-16-18-30-55(47)66(63)61(51)52/h7-19,22-40H,3-6,20-21H2,1-2H3. The molecule has 0 saturated heterocycles. The number of nitrogens with zero attached hydrogens (tertiary/aromatic N) is 3. The topological polar surface area (TPSA) is 24.6 Å². The molecular weight excluding hydrogens is 814 g/mol. The van der Waals surface area contributed by atoms with Gasteiger partial charge >= 0.3 is 6.85 Å². The van der Waals surface area contributed by atoms with Crippen LogP contribution in [0.3, 0.4) is 0 Å². The van der Waals surface area contributed by atoms with Crippen LogP contribution in [0.1, 0.15) is 50.7 Å². The van der Waals surface area contributed by atoms with E-state index in [-0.39, 0.29) is 6.85 Å². The summed E-state index contributed by atoms with van der Waals surface area (Å²) >= 11 is 0. The Morgan fingerprint density at radius 1 is 0.493 bits per heavy atom. The van der Waals surface area contributed by atoms with Crippen LogP contribution in [0.15, 0.2) is 199 Å². The van der Waals surface area contributed by atoms with E-state index in [1.807, 2.05) is 0 Å². The second kappa shape index (κ2) is 16.0. The number of furan rings is 1. The molecule has 67 heavy (non-hydrogen) atoms. The summed E-state index contributed by atoms with van der Waals surface area (Å²) in [6, 6.07) is 72.3. The molecule has 9 aromatic carbocycles. The van der Waals surface area contributed by atoms with Crippen molar-refractivity contribution in [2.75, 3.05) is 9.80 Å². The molecule has 2 aliphatic heterocycles. The number of para-hydroxylation sites is 4. The highest BCUT2D eigenvalue weighted by atomic mass is 16.3. The van der Waals surface area contributed by atoms with Crippen LogP contribution in [0, 0.1) is 0 Å². The Morgan fingerprint density at radius 3 is 1.90 bits per heavy atom. The van der Waals surface area contributed by atoms with Crippen molar-refractivity contribution in [3.05, 3.63) is 205 Å². The van der Waals surface area contributed by atoms with E-state index in [0.717, 1.165) is 88.9 Å². The van der Waals surface area contributed by atoms with Crippen molar-refractivity contribution in [3.63, 3.8) is 0 Å². The Hall–Kier alpha value is -7.76. The van der Waals surface area contributed by atoms with Crippen LogP contribution < -0.4 is 20.7 Å². The summed E-state index contributed by atoms with van der Waals surface area (Å²) in [5, 5.41) is 4.89. The second-order valence-corrected chi connectivity index (χ2v) is 18.5. The molecule has 0 spiro atoms. The molecule has 0 saturated carbocycles. The average molecular weight is 864 g/mol. The number of fused-ring (bicyclic) bond motifs is 11. The molecule has 11 aromatic rings. The number of rotatable bonds is 11. The summed E-state index contributed by atoms with van der Waals surface area (Å²) < 4.78 is 9.74. The van der Waals surface area contributed by atoms with Gasteiger partial charge in [0.25, 0.3) is 0 Å². The van der Waals surface area contributed by atoms with Crippen molar-refractivity contribution in [2.45, 2.75) is 52.4 Å². The third-order valence-electron chi connectivity index (χ3n) is 14.5. The van der Waals surface area contributed by atoms with Crippen LogP contribution in [-0.4, -0.2) is 11.3 Å². The van der Waals surface area contributed by atoms with E-state index in [4.69, 9.17) is 4.42 Å². The Bertz CT molecular complexity index is 3650. The maximum atomic E-state index is 7.04. The van der Waals surface area contributed by atoms with E-state index in [1.54, 1.807) is 0 Å². The number of hydrogen-bond acceptors (Lipinski definition) is 3. The maximum absolute atomic E-state index is 7.04. The van der Waals surface area contributed by atoms with E-state index in [0.29, 0.717) is 0 Å². The number of aryl methyl sites for hydroxylation is 2. The molecule has 322 valence electrons. The highest BCUT2D eigenvalue weighted by Crippen LogP contribution is 2.52. The number of hydrogen-bond donors (Lipinski definition) is 0. The number of anilines is 6. The zero-order valence-electron chi connectivity index (χ0n) is 38.0. The first-order valence-electron chi connectivity index (χ1n) is 24.2. The lowest BCUT2D eigenvalue weighted by atomic mass is 9.45.